The van der Waals surface area contributed by atoms with Crippen molar-refractivity contribution in [3.63, 3.8) is 0 Å². The van der Waals surface area contributed by atoms with Gasteiger partial charge in [-0.1, -0.05) is 11.3 Å². The minimum Gasteiger partial charge on any atom is -0.497 e. The summed E-state index contributed by atoms with van der Waals surface area (Å²) in [7, 11) is -1.79. The average Bonchev–Trinajstić information content (AvgIpc) is 3.65. The van der Waals surface area contributed by atoms with Crippen LogP contribution in [-0.4, -0.2) is 42.8 Å². The predicted octanol–water partition coefficient (Wildman–Crippen LogP) is 5.47. The quantitative estimate of drug-likeness (QED) is 0.298. The summed E-state index contributed by atoms with van der Waals surface area (Å²) in [5.74, 6) is 1.46. The third-order valence-corrected chi connectivity index (χ3v) is 8.64. The normalized spacial score (nSPS) is 13.5. The van der Waals surface area contributed by atoms with Crippen LogP contribution < -0.4 is 19.5 Å². The summed E-state index contributed by atoms with van der Waals surface area (Å²) in [6.07, 6.45) is 2.57. The van der Waals surface area contributed by atoms with Gasteiger partial charge in [0.15, 0.2) is 20.0 Å². The molecule has 1 saturated carbocycles. The molecular weight excluding hydrogens is 514 g/mol. The minimum absolute atomic E-state index is 0.0350. The summed E-state index contributed by atoms with van der Waals surface area (Å²) in [4.78, 5) is 21.7. The Kier molecular flexibility index (Phi) is 6.74. The first-order valence-corrected chi connectivity index (χ1v) is 14.0. The molecule has 4 aromatic rings. The number of ether oxygens (including phenoxy) is 3. The van der Waals surface area contributed by atoms with E-state index >= 15 is 0 Å². The number of sulfone groups is 1. The van der Waals surface area contributed by atoms with Gasteiger partial charge in [-0.05, 0) is 69.2 Å². The molecule has 1 aliphatic carbocycles. The maximum atomic E-state index is 13.1. The topological polar surface area (TPSA) is 117 Å². The minimum atomic E-state index is -3.39. The lowest BCUT2D eigenvalue weighted by Crippen LogP contribution is -2.13. The van der Waals surface area contributed by atoms with Crippen LogP contribution in [-0.2, 0) is 9.84 Å². The molecule has 192 valence electrons. The molecular formula is C26H25N3O6S2. The van der Waals surface area contributed by atoms with E-state index in [9.17, 15) is 13.2 Å². The van der Waals surface area contributed by atoms with Crippen molar-refractivity contribution in [2.24, 2.45) is 0 Å². The molecule has 1 N–H and O–H groups in total. The van der Waals surface area contributed by atoms with Gasteiger partial charge in [0.1, 0.15) is 23.0 Å². The Labute approximate surface area is 218 Å². The Hall–Kier alpha value is -3.70. The van der Waals surface area contributed by atoms with Crippen molar-refractivity contribution in [1.82, 2.24) is 9.97 Å². The van der Waals surface area contributed by atoms with Gasteiger partial charge >= 0.3 is 0 Å². The molecule has 9 nitrogen and oxygen atoms in total. The van der Waals surface area contributed by atoms with Crippen molar-refractivity contribution in [2.45, 2.75) is 43.1 Å². The number of amides is 1. The Bertz CT molecular complexity index is 1560. The first-order chi connectivity index (χ1) is 17.7. The summed E-state index contributed by atoms with van der Waals surface area (Å²) in [6.45, 7) is 3.76. The van der Waals surface area contributed by atoms with Crippen LogP contribution in [0.25, 0.3) is 10.2 Å². The molecule has 1 amide bonds. The molecule has 2 aromatic heterocycles. The molecule has 11 heteroatoms. The second-order valence-corrected chi connectivity index (χ2v) is 12.1. The van der Waals surface area contributed by atoms with E-state index in [1.54, 1.807) is 31.4 Å². The lowest BCUT2D eigenvalue weighted by molar-refractivity contribution is 0.102. The van der Waals surface area contributed by atoms with Crippen molar-refractivity contribution >= 4 is 42.4 Å². The van der Waals surface area contributed by atoms with Crippen LogP contribution in [0.4, 0.5) is 5.13 Å². The second kappa shape index (κ2) is 9.98. The van der Waals surface area contributed by atoms with Gasteiger partial charge in [0, 0.05) is 11.6 Å². The molecule has 2 aromatic carbocycles. The number of hydrogen-bond donors (Lipinski definition) is 1. The van der Waals surface area contributed by atoms with Crippen molar-refractivity contribution in [3.05, 3.63) is 60.3 Å². The zero-order valence-corrected chi connectivity index (χ0v) is 22.1. The number of aromatic nitrogens is 2. The molecule has 0 radical (unpaired) electrons. The van der Waals surface area contributed by atoms with E-state index < -0.39 is 9.84 Å². The van der Waals surface area contributed by atoms with Crippen LogP contribution >= 0.6 is 11.3 Å². The third kappa shape index (κ3) is 5.67. The highest BCUT2D eigenvalue weighted by atomic mass is 32.2. The van der Waals surface area contributed by atoms with Gasteiger partial charge in [0.05, 0.1) is 34.9 Å². The van der Waals surface area contributed by atoms with Crippen molar-refractivity contribution in [3.8, 4) is 23.0 Å². The maximum Gasteiger partial charge on any atom is 0.257 e. The van der Waals surface area contributed by atoms with Crippen LogP contribution in [0.15, 0.2) is 59.8 Å². The molecule has 0 aliphatic heterocycles. The molecule has 0 bridgehead atoms. The Morgan fingerprint density at radius 3 is 2.46 bits per heavy atom. The number of anilines is 1. The molecule has 0 unspecified atom stereocenters. The number of methoxy groups -OCH3 is 1. The van der Waals surface area contributed by atoms with Gasteiger partial charge in [0.25, 0.3) is 5.91 Å². The highest BCUT2D eigenvalue weighted by Gasteiger charge is 2.37. The monoisotopic (exact) mass is 539 g/mol. The number of thiazole rings is 1. The third-order valence-electron chi connectivity index (χ3n) is 5.53. The number of carbonyl (C=O) groups excluding carboxylic acids is 1. The standard InChI is InChI=1S/C26H25N3O6S2/c1-15(2)34-19-10-16(25(30)29-26-28-22-8-4-17(33-3)13-23(22)36-26)11-20(12-19)35-18-5-9-24(27-14-18)37(31,32)21-6-7-21/h4-5,8-15,21H,6-7H2,1-3H3,(H,28,29,30). The number of rotatable bonds is 9. The number of hydrogen-bond acceptors (Lipinski definition) is 9. The molecule has 0 saturated heterocycles. The van der Waals surface area contributed by atoms with Crippen LogP contribution in [0.1, 0.15) is 37.0 Å². The van der Waals surface area contributed by atoms with Gasteiger partial charge in [0.2, 0.25) is 0 Å². The summed E-state index contributed by atoms with van der Waals surface area (Å²) < 4.78 is 42.7. The number of pyridine rings is 1. The van der Waals surface area contributed by atoms with Gasteiger partial charge in [-0.15, -0.1) is 0 Å². The fraction of sp³-hybridized carbons (Fsp3) is 0.269. The van der Waals surface area contributed by atoms with Crippen molar-refractivity contribution in [1.29, 1.82) is 0 Å². The Morgan fingerprint density at radius 2 is 1.78 bits per heavy atom. The zero-order valence-electron chi connectivity index (χ0n) is 20.4. The molecule has 5 rings (SSSR count). The second-order valence-electron chi connectivity index (χ2n) is 8.85. The van der Waals surface area contributed by atoms with E-state index in [0.29, 0.717) is 46.5 Å². The number of nitrogens with one attached hydrogen (secondary N) is 1. The zero-order chi connectivity index (χ0) is 26.2. The van der Waals surface area contributed by atoms with Crippen LogP contribution in [0.2, 0.25) is 0 Å². The van der Waals surface area contributed by atoms with Crippen molar-refractivity contribution < 1.29 is 27.4 Å². The number of carbonyl (C=O) groups is 1. The first-order valence-electron chi connectivity index (χ1n) is 11.7. The largest absolute Gasteiger partial charge is 0.497 e. The van der Waals surface area contributed by atoms with Crippen LogP contribution in [0.3, 0.4) is 0 Å². The fourth-order valence-electron chi connectivity index (χ4n) is 3.64. The van der Waals surface area contributed by atoms with Crippen LogP contribution in [0.5, 0.6) is 23.0 Å². The smallest absolute Gasteiger partial charge is 0.257 e. The Morgan fingerprint density at radius 1 is 1.03 bits per heavy atom. The SMILES string of the molecule is COc1ccc2nc(NC(=O)c3cc(Oc4ccc(S(=O)(=O)C5CC5)nc4)cc(OC(C)C)c3)sc2c1. The van der Waals surface area contributed by atoms with E-state index in [-0.39, 0.29) is 22.3 Å². The number of fused-ring (bicyclic) bond motifs is 1. The van der Waals surface area contributed by atoms with Gasteiger partial charge in [-0.3, -0.25) is 10.1 Å². The lowest BCUT2D eigenvalue weighted by atomic mass is 10.2. The number of nitrogens with zero attached hydrogens (tertiary/aromatic N) is 2. The first kappa shape index (κ1) is 25.0. The average molecular weight is 540 g/mol. The predicted molar refractivity (Wildman–Crippen MR) is 141 cm³/mol. The van der Waals surface area contributed by atoms with E-state index in [1.807, 2.05) is 32.0 Å². The molecule has 37 heavy (non-hydrogen) atoms. The van der Waals surface area contributed by atoms with E-state index in [4.69, 9.17) is 14.2 Å². The van der Waals surface area contributed by atoms with Gasteiger partial charge in [-0.25, -0.2) is 18.4 Å². The van der Waals surface area contributed by atoms with Gasteiger partial charge < -0.3 is 14.2 Å². The van der Waals surface area contributed by atoms with E-state index in [0.717, 1.165) is 10.2 Å². The molecule has 0 spiro atoms. The summed E-state index contributed by atoms with van der Waals surface area (Å²) >= 11 is 1.34. The summed E-state index contributed by atoms with van der Waals surface area (Å²) in [6, 6.07) is 13.4. The fourth-order valence-corrected chi connectivity index (χ4v) is 6.08. The summed E-state index contributed by atoms with van der Waals surface area (Å²) in [5, 5.41) is 2.98. The maximum absolute atomic E-state index is 13.1. The molecule has 1 aliphatic rings. The molecule has 0 atom stereocenters. The molecule has 1 fully saturated rings. The van der Waals surface area contributed by atoms with E-state index in [2.05, 4.69) is 15.3 Å². The lowest BCUT2D eigenvalue weighted by Gasteiger charge is -2.14. The summed E-state index contributed by atoms with van der Waals surface area (Å²) in [5.41, 5.74) is 1.06. The van der Waals surface area contributed by atoms with Crippen molar-refractivity contribution in [2.75, 3.05) is 12.4 Å². The van der Waals surface area contributed by atoms with Gasteiger partial charge in [-0.2, -0.15) is 0 Å². The number of benzene rings is 2. The highest BCUT2D eigenvalue weighted by Crippen LogP contribution is 2.34. The molecule has 2 heterocycles. The van der Waals surface area contributed by atoms with Crippen LogP contribution in [0, 0.1) is 0 Å². The van der Waals surface area contributed by atoms with E-state index in [1.165, 1.54) is 23.6 Å². The Balaban J connectivity index is 1.38. The highest BCUT2D eigenvalue weighted by molar-refractivity contribution is 7.92.